The largest absolute Gasteiger partial charge is 0.378 e. The van der Waals surface area contributed by atoms with Crippen molar-refractivity contribution in [2.24, 2.45) is 0 Å². The number of morpholine rings is 1. The van der Waals surface area contributed by atoms with Crippen LogP contribution in [0.25, 0.3) is 5.69 Å². The van der Waals surface area contributed by atoms with Crippen LogP contribution in [0.15, 0.2) is 55.2 Å². The molecule has 10 heteroatoms. The summed E-state index contributed by atoms with van der Waals surface area (Å²) in [5.74, 6) is 0.196. The van der Waals surface area contributed by atoms with E-state index in [1.54, 1.807) is 30.6 Å². The number of hydrogen-bond acceptors (Lipinski definition) is 7. The first-order valence-electron chi connectivity index (χ1n) is 8.99. The molecule has 10 nitrogen and oxygen atoms in total. The molecule has 1 fully saturated rings. The van der Waals surface area contributed by atoms with Crippen molar-refractivity contribution in [1.29, 1.82) is 0 Å². The average molecular weight is 394 g/mol. The molecule has 0 bridgehead atoms. The van der Waals surface area contributed by atoms with Crippen LogP contribution in [0.5, 0.6) is 0 Å². The van der Waals surface area contributed by atoms with Gasteiger partial charge in [-0.2, -0.15) is 0 Å². The molecule has 0 aliphatic carbocycles. The number of amides is 1. The molecule has 1 amide bonds. The second-order valence-electron chi connectivity index (χ2n) is 6.36. The smallest absolute Gasteiger partial charge is 0.294 e. The Morgan fingerprint density at radius 2 is 2.03 bits per heavy atom. The first-order valence-corrected chi connectivity index (χ1v) is 8.99. The number of benzene rings is 1. The molecule has 1 N–H and O–H groups in total. The number of hydrogen-bond donors (Lipinski definition) is 1. The molecular formula is C19H18N6O4. The van der Waals surface area contributed by atoms with E-state index in [0.29, 0.717) is 43.5 Å². The SMILES string of the molecule is O=C(Nc1cccnc1N1CCOCC1)c1ccc(-n2ccnc2)c([N+](=O)[O-])c1. The maximum Gasteiger partial charge on any atom is 0.294 e. The number of nitro benzene ring substituents is 1. The van der Waals surface area contributed by atoms with Gasteiger partial charge in [-0.15, -0.1) is 0 Å². The molecular weight excluding hydrogens is 376 g/mol. The third kappa shape index (κ3) is 3.92. The lowest BCUT2D eigenvalue weighted by atomic mass is 10.1. The minimum absolute atomic E-state index is 0.178. The van der Waals surface area contributed by atoms with Gasteiger partial charge in [-0.3, -0.25) is 14.9 Å². The van der Waals surface area contributed by atoms with Gasteiger partial charge in [0.2, 0.25) is 0 Å². The summed E-state index contributed by atoms with van der Waals surface area (Å²) >= 11 is 0. The Balaban J connectivity index is 1.61. The van der Waals surface area contributed by atoms with Crippen LogP contribution < -0.4 is 10.2 Å². The molecule has 3 heterocycles. The van der Waals surface area contributed by atoms with Crippen molar-refractivity contribution < 1.29 is 14.5 Å². The second kappa shape index (κ2) is 8.07. The van der Waals surface area contributed by atoms with E-state index in [4.69, 9.17) is 4.74 Å². The van der Waals surface area contributed by atoms with Gasteiger partial charge in [-0.05, 0) is 24.3 Å². The summed E-state index contributed by atoms with van der Waals surface area (Å²) in [6.07, 6.45) is 6.25. The number of ether oxygens (including phenoxy) is 1. The Bertz CT molecular complexity index is 1030. The lowest BCUT2D eigenvalue weighted by molar-refractivity contribution is -0.384. The number of nitro groups is 1. The predicted molar refractivity (Wildman–Crippen MR) is 105 cm³/mol. The van der Waals surface area contributed by atoms with E-state index in [1.165, 1.54) is 29.2 Å². The Labute approximate surface area is 165 Å². The zero-order chi connectivity index (χ0) is 20.2. The van der Waals surface area contributed by atoms with Gasteiger partial charge < -0.3 is 19.5 Å². The quantitative estimate of drug-likeness (QED) is 0.521. The van der Waals surface area contributed by atoms with Crippen LogP contribution in [0.1, 0.15) is 10.4 Å². The highest BCUT2D eigenvalue weighted by Crippen LogP contribution is 2.27. The van der Waals surface area contributed by atoms with Crippen LogP contribution in [-0.2, 0) is 4.74 Å². The molecule has 3 aromatic rings. The van der Waals surface area contributed by atoms with E-state index >= 15 is 0 Å². The zero-order valence-electron chi connectivity index (χ0n) is 15.4. The van der Waals surface area contributed by atoms with Crippen molar-refractivity contribution in [2.45, 2.75) is 0 Å². The van der Waals surface area contributed by atoms with Crippen molar-refractivity contribution in [3.05, 3.63) is 70.9 Å². The molecule has 0 spiro atoms. The van der Waals surface area contributed by atoms with Gasteiger partial charge in [0.1, 0.15) is 5.69 Å². The van der Waals surface area contributed by atoms with E-state index in [2.05, 4.69) is 15.3 Å². The van der Waals surface area contributed by atoms with Crippen LogP contribution >= 0.6 is 0 Å². The van der Waals surface area contributed by atoms with Gasteiger partial charge in [0.05, 0.1) is 30.2 Å². The number of aromatic nitrogens is 3. The molecule has 0 radical (unpaired) electrons. The fourth-order valence-corrected chi connectivity index (χ4v) is 3.15. The van der Waals surface area contributed by atoms with Gasteiger partial charge in [0, 0.05) is 43.3 Å². The van der Waals surface area contributed by atoms with Crippen LogP contribution in [0, 0.1) is 10.1 Å². The molecule has 0 saturated carbocycles. The normalized spacial score (nSPS) is 13.9. The second-order valence-corrected chi connectivity index (χ2v) is 6.36. The van der Waals surface area contributed by atoms with Crippen LogP contribution in [-0.4, -0.2) is 51.7 Å². The van der Waals surface area contributed by atoms with Crippen molar-refractivity contribution in [2.75, 3.05) is 36.5 Å². The van der Waals surface area contributed by atoms with Crippen LogP contribution in [0.4, 0.5) is 17.2 Å². The third-order valence-electron chi connectivity index (χ3n) is 4.56. The molecule has 0 atom stereocenters. The number of nitrogens with one attached hydrogen (secondary N) is 1. The zero-order valence-corrected chi connectivity index (χ0v) is 15.4. The Hall–Kier alpha value is -3.79. The Morgan fingerprint density at radius 3 is 2.76 bits per heavy atom. The van der Waals surface area contributed by atoms with Crippen molar-refractivity contribution in [3.8, 4) is 5.69 Å². The fourth-order valence-electron chi connectivity index (χ4n) is 3.15. The number of nitrogens with zero attached hydrogens (tertiary/aromatic N) is 5. The molecule has 2 aromatic heterocycles. The van der Waals surface area contributed by atoms with E-state index in [0.717, 1.165) is 0 Å². The standard InChI is InChI=1S/C19H18N6O4/c26-19(22-15-2-1-5-21-18(15)23-8-10-29-11-9-23)14-3-4-16(17(12-14)25(27)28)24-7-6-20-13-24/h1-7,12-13H,8-11H2,(H,22,26). The van der Waals surface area contributed by atoms with Crippen molar-refractivity contribution >= 4 is 23.1 Å². The van der Waals surface area contributed by atoms with Gasteiger partial charge in [-0.1, -0.05) is 0 Å². The van der Waals surface area contributed by atoms with Gasteiger partial charge in [0.15, 0.2) is 5.82 Å². The molecule has 4 rings (SSSR count). The number of pyridine rings is 1. The maximum atomic E-state index is 12.8. The lowest BCUT2D eigenvalue weighted by Crippen LogP contribution is -2.37. The minimum atomic E-state index is -0.519. The van der Waals surface area contributed by atoms with Gasteiger partial charge in [0.25, 0.3) is 11.6 Å². The molecule has 0 unspecified atom stereocenters. The van der Waals surface area contributed by atoms with E-state index in [9.17, 15) is 14.9 Å². The van der Waals surface area contributed by atoms with E-state index in [-0.39, 0.29) is 11.3 Å². The minimum Gasteiger partial charge on any atom is -0.378 e. The molecule has 1 aliphatic rings. The Morgan fingerprint density at radius 1 is 1.21 bits per heavy atom. The number of rotatable bonds is 5. The highest BCUT2D eigenvalue weighted by Gasteiger charge is 2.21. The fraction of sp³-hybridized carbons (Fsp3) is 0.211. The first kappa shape index (κ1) is 18.6. The number of imidazole rings is 1. The number of anilines is 2. The summed E-state index contributed by atoms with van der Waals surface area (Å²) in [6.45, 7) is 2.52. The summed E-state index contributed by atoms with van der Waals surface area (Å²) in [5.41, 5.74) is 0.868. The van der Waals surface area contributed by atoms with E-state index in [1.807, 2.05) is 4.90 Å². The Kier molecular flexibility index (Phi) is 5.16. The highest BCUT2D eigenvalue weighted by molar-refractivity contribution is 6.06. The molecule has 1 saturated heterocycles. The first-order chi connectivity index (χ1) is 14.1. The molecule has 29 heavy (non-hydrogen) atoms. The number of carbonyl (C=O) groups is 1. The van der Waals surface area contributed by atoms with E-state index < -0.39 is 10.8 Å². The maximum absolute atomic E-state index is 12.8. The lowest BCUT2D eigenvalue weighted by Gasteiger charge is -2.29. The summed E-state index contributed by atoms with van der Waals surface area (Å²) in [7, 11) is 0. The van der Waals surface area contributed by atoms with Gasteiger partial charge >= 0.3 is 0 Å². The summed E-state index contributed by atoms with van der Waals surface area (Å²) in [4.78, 5) is 34.1. The monoisotopic (exact) mass is 394 g/mol. The van der Waals surface area contributed by atoms with Crippen molar-refractivity contribution in [3.63, 3.8) is 0 Å². The van der Waals surface area contributed by atoms with Crippen LogP contribution in [0.3, 0.4) is 0 Å². The van der Waals surface area contributed by atoms with Crippen LogP contribution in [0.2, 0.25) is 0 Å². The molecule has 1 aromatic carbocycles. The highest BCUT2D eigenvalue weighted by atomic mass is 16.6. The topological polar surface area (TPSA) is 115 Å². The van der Waals surface area contributed by atoms with Crippen molar-refractivity contribution in [1.82, 2.24) is 14.5 Å². The number of carbonyl (C=O) groups excluding carboxylic acids is 1. The van der Waals surface area contributed by atoms with Gasteiger partial charge in [-0.25, -0.2) is 9.97 Å². The molecule has 148 valence electrons. The summed E-state index contributed by atoms with van der Waals surface area (Å²) < 4.78 is 6.89. The third-order valence-corrected chi connectivity index (χ3v) is 4.56. The summed E-state index contributed by atoms with van der Waals surface area (Å²) in [5, 5.41) is 14.3. The average Bonchev–Trinajstić information content (AvgIpc) is 3.29. The molecule has 1 aliphatic heterocycles. The predicted octanol–water partition coefficient (Wildman–Crippen LogP) is 2.26. The summed E-state index contributed by atoms with van der Waals surface area (Å²) in [6, 6.07) is 7.81.